The molecular weight excluding hydrogens is 299 g/mol. The van der Waals surface area contributed by atoms with Gasteiger partial charge in [0.25, 0.3) is 0 Å². The van der Waals surface area contributed by atoms with Crippen molar-refractivity contribution in [3.05, 3.63) is 33.0 Å². The number of amides is 1. The van der Waals surface area contributed by atoms with E-state index in [9.17, 15) is 4.79 Å². The second-order valence-electron chi connectivity index (χ2n) is 3.21. The van der Waals surface area contributed by atoms with Gasteiger partial charge in [-0.25, -0.2) is 5.01 Å². The molecule has 0 fully saturated rings. The molecule has 1 aromatic rings. The summed E-state index contributed by atoms with van der Waals surface area (Å²) >= 11 is 14.4. The number of rotatable bonds is 3. The highest BCUT2D eigenvalue weighted by molar-refractivity contribution is 8.14. The lowest BCUT2D eigenvalue weighted by molar-refractivity contribution is 0.230. The monoisotopic (exact) mass is 306 g/mol. The highest BCUT2D eigenvalue weighted by atomic mass is 35.5. The maximum absolute atomic E-state index is 11.5. The number of halogens is 2. The summed E-state index contributed by atoms with van der Waals surface area (Å²) in [6.07, 6.45) is 1.63. The molecule has 7 heteroatoms. The Morgan fingerprint density at radius 2 is 2.35 bits per heavy atom. The van der Waals surface area contributed by atoms with Crippen molar-refractivity contribution in [2.45, 2.75) is 0 Å². The van der Waals surface area contributed by atoms with Crippen LogP contribution in [0.15, 0.2) is 23.8 Å². The number of thioether (sulfide) groups is 1. The molecule has 0 atom stereocenters. The second-order valence-corrected chi connectivity index (χ2v) is 6.42. The molecule has 0 spiro atoms. The van der Waals surface area contributed by atoms with E-state index in [2.05, 4.69) is 11.7 Å². The second kappa shape index (κ2) is 5.44. The Morgan fingerprint density at radius 1 is 1.59 bits per heavy atom. The maximum atomic E-state index is 11.5. The van der Waals surface area contributed by atoms with Crippen LogP contribution >= 0.6 is 46.3 Å². The number of hydrogen-bond acceptors (Lipinski definition) is 4. The number of carbonyl (C=O) groups excluding carboxylic acids is 1. The lowest BCUT2D eigenvalue weighted by atomic mass is 10.2. The molecule has 0 bridgehead atoms. The predicted molar refractivity (Wildman–Crippen MR) is 75.6 cm³/mol. The zero-order chi connectivity index (χ0) is 12.4. The van der Waals surface area contributed by atoms with Crippen LogP contribution in [0.5, 0.6) is 0 Å². The predicted octanol–water partition coefficient (Wildman–Crippen LogP) is 4.11. The minimum absolute atomic E-state index is 0.0777. The van der Waals surface area contributed by atoms with Gasteiger partial charge in [-0.2, -0.15) is 5.10 Å². The average molecular weight is 307 g/mol. The summed E-state index contributed by atoms with van der Waals surface area (Å²) in [6, 6.07) is 1.77. The van der Waals surface area contributed by atoms with E-state index in [0.717, 1.165) is 11.3 Å². The molecule has 2 heterocycles. The van der Waals surface area contributed by atoms with E-state index in [1.165, 1.54) is 28.1 Å². The van der Waals surface area contributed by atoms with Crippen molar-refractivity contribution in [2.24, 2.45) is 5.10 Å². The van der Waals surface area contributed by atoms with Gasteiger partial charge in [-0.15, -0.1) is 17.9 Å². The maximum Gasteiger partial charge on any atom is 0.302 e. The number of hydrogen-bond donors (Lipinski definition) is 0. The molecular formula is C10H8Cl2N2OS2. The SMILES string of the molecule is C=CCN1N=C(c2cc(Cl)sc2Cl)CSC1=O. The van der Waals surface area contributed by atoms with Gasteiger partial charge in [0.2, 0.25) is 0 Å². The van der Waals surface area contributed by atoms with Gasteiger partial charge in [0, 0.05) is 11.3 Å². The van der Waals surface area contributed by atoms with Gasteiger partial charge in [0.1, 0.15) is 4.34 Å². The molecule has 3 nitrogen and oxygen atoms in total. The number of hydrazone groups is 1. The van der Waals surface area contributed by atoms with Crippen molar-refractivity contribution in [2.75, 3.05) is 12.3 Å². The van der Waals surface area contributed by atoms with E-state index >= 15 is 0 Å². The van der Waals surface area contributed by atoms with Gasteiger partial charge >= 0.3 is 5.24 Å². The zero-order valence-electron chi connectivity index (χ0n) is 8.65. The van der Waals surface area contributed by atoms with Crippen molar-refractivity contribution in [1.29, 1.82) is 0 Å². The van der Waals surface area contributed by atoms with Crippen molar-refractivity contribution in [3.63, 3.8) is 0 Å². The fraction of sp³-hybridized carbons (Fsp3) is 0.200. The van der Waals surface area contributed by atoms with Crippen molar-refractivity contribution < 1.29 is 4.79 Å². The van der Waals surface area contributed by atoms with Crippen LogP contribution < -0.4 is 0 Å². The van der Waals surface area contributed by atoms with Crippen molar-refractivity contribution in [1.82, 2.24) is 5.01 Å². The number of carbonyl (C=O) groups is 1. The Kier molecular flexibility index (Phi) is 4.14. The van der Waals surface area contributed by atoms with Gasteiger partial charge in [0.15, 0.2) is 0 Å². The Morgan fingerprint density at radius 3 is 2.94 bits per heavy atom. The van der Waals surface area contributed by atoms with Crippen molar-refractivity contribution in [3.8, 4) is 0 Å². The molecule has 2 rings (SSSR count). The molecule has 1 aliphatic rings. The smallest absolute Gasteiger partial charge is 0.260 e. The van der Waals surface area contributed by atoms with Crippen LogP contribution in [0.3, 0.4) is 0 Å². The van der Waals surface area contributed by atoms with Crippen LogP contribution in [0.4, 0.5) is 4.79 Å². The lowest BCUT2D eigenvalue weighted by Crippen LogP contribution is -2.29. The first-order valence-corrected chi connectivity index (χ1v) is 7.25. The fourth-order valence-electron chi connectivity index (χ4n) is 1.33. The number of nitrogens with zero attached hydrogens (tertiary/aromatic N) is 2. The minimum Gasteiger partial charge on any atom is -0.260 e. The largest absolute Gasteiger partial charge is 0.302 e. The van der Waals surface area contributed by atoms with Gasteiger partial charge in [-0.3, -0.25) is 4.79 Å². The third kappa shape index (κ3) is 2.85. The molecule has 90 valence electrons. The van der Waals surface area contributed by atoms with E-state index in [-0.39, 0.29) is 5.24 Å². The van der Waals surface area contributed by atoms with Crippen LogP contribution in [-0.2, 0) is 0 Å². The topological polar surface area (TPSA) is 32.7 Å². The molecule has 17 heavy (non-hydrogen) atoms. The zero-order valence-corrected chi connectivity index (χ0v) is 11.8. The van der Waals surface area contributed by atoms with Crippen LogP contribution in [-0.4, -0.2) is 28.3 Å². The van der Waals surface area contributed by atoms with Gasteiger partial charge in [-0.05, 0) is 6.07 Å². The Balaban J connectivity index is 2.32. The summed E-state index contributed by atoms with van der Waals surface area (Å²) in [6.45, 7) is 3.98. The Hall–Kier alpha value is -0.490. The Bertz CT molecular complexity index is 498. The summed E-state index contributed by atoms with van der Waals surface area (Å²) in [5.74, 6) is 0.513. The molecule has 0 saturated heterocycles. The van der Waals surface area contributed by atoms with Gasteiger partial charge in [0.05, 0.1) is 16.6 Å². The summed E-state index contributed by atoms with van der Waals surface area (Å²) in [4.78, 5) is 11.5. The first-order chi connectivity index (χ1) is 8.11. The van der Waals surface area contributed by atoms with Crippen LogP contribution in [0.2, 0.25) is 8.67 Å². The molecule has 0 N–H and O–H groups in total. The van der Waals surface area contributed by atoms with Crippen LogP contribution in [0.25, 0.3) is 0 Å². The highest BCUT2D eigenvalue weighted by Gasteiger charge is 2.23. The average Bonchev–Trinajstić information content (AvgIpc) is 2.61. The first-order valence-electron chi connectivity index (χ1n) is 4.69. The minimum atomic E-state index is -0.0777. The van der Waals surface area contributed by atoms with Crippen molar-refractivity contribution >= 4 is 57.3 Å². The fourth-order valence-corrected chi connectivity index (χ4v) is 3.57. The summed E-state index contributed by atoms with van der Waals surface area (Å²) in [5, 5.41) is 5.56. The standard InChI is InChI=1S/C10H8Cl2N2OS2/c1-2-3-14-10(15)16-5-7(13-14)6-4-8(11)17-9(6)12/h2,4H,1,3,5H2. The van der Waals surface area contributed by atoms with Gasteiger partial charge < -0.3 is 0 Å². The van der Waals surface area contributed by atoms with E-state index in [0.29, 0.717) is 21.0 Å². The normalized spacial score (nSPS) is 16.0. The third-order valence-electron chi connectivity index (χ3n) is 2.05. The summed E-state index contributed by atoms with van der Waals surface area (Å²) in [7, 11) is 0. The number of thiophene rings is 1. The molecule has 1 aromatic heterocycles. The first kappa shape index (κ1) is 13.0. The molecule has 1 aliphatic heterocycles. The highest BCUT2D eigenvalue weighted by Crippen LogP contribution is 2.33. The van der Waals surface area contributed by atoms with E-state index in [4.69, 9.17) is 23.2 Å². The third-order valence-corrected chi connectivity index (χ3v) is 4.42. The molecule has 0 aromatic carbocycles. The summed E-state index contributed by atoms with van der Waals surface area (Å²) in [5.41, 5.74) is 1.57. The molecule has 0 unspecified atom stereocenters. The Labute approximate surface area is 117 Å². The lowest BCUT2D eigenvalue weighted by Gasteiger charge is -2.21. The van der Waals surface area contributed by atoms with E-state index in [1.54, 1.807) is 12.1 Å². The van der Waals surface area contributed by atoms with Gasteiger partial charge in [-0.1, -0.05) is 41.0 Å². The molecule has 0 radical (unpaired) electrons. The molecule has 1 amide bonds. The quantitative estimate of drug-likeness (QED) is 0.787. The molecule has 0 saturated carbocycles. The van der Waals surface area contributed by atoms with E-state index in [1.807, 2.05) is 0 Å². The summed E-state index contributed by atoms with van der Waals surface area (Å²) < 4.78 is 1.21. The van der Waals surface area contributed by atoms with E-state index < -0.39 is 0 Å². The van der Waals surface area contributed by atoms with Crippen LogP contribution in [0.1, 0.15) is 5.56 Å². The van der Waals surface area contributed by atoms with Crippen LogP contribution in [0, 0.1) is 0 Å². The molecule has 0 aliphatic carbocycles.